The summed E-state index contributed by atoms with van der Waals surface area (Å²) in [6.45, 7) is 4.51. The summed E-state index contributed by atoms with van der Waals surface area (Å²) in [5.41, 5.74) is 2.91. The molecule has 4 heteroatoms. The van der Waals surface area contributed by atoms with Crippen molar-refractivity contribution in [2.75, 3.05) is 37.7 Å². The minimum atomic E-state index is 0.283. The van der Waals surface area contributed by atoms with E-state index in [1.54, 1.807) is 0 Å². The number of anilines is 1. The molecule has 1 N–H and O–H groups in total. The second kappa shape index (κ2) is 5.81. The fraction of sp³-hybridized carbons (Fsp3) is 0.600. The van der Waals surface area contributed by atoms with Gasteiger partial charge in [-0.15, -0.1) is 0 Å². The van der Waals surface area contributed by atoms with Gasteiger partial charge in [0.2, 0.25) is 0 Å². The van der Waals surface area contributed by atoms with E-state index in [0.29, 0.717) is 6.04 Å². The number of benzene rings is 1. The summed E-state index contributed by atoms with van der Waals surface area (Å²) in [5, 5.41) is 9.00. The van der Waals surface area contributed by atoms with Gasteiger partial charge in [0, 0.05) is 42.4 Å². The molecular weight excluding hydrogens is 304 g/mol. The van der Waals surface area contributed by atoms with Crippen LogP contribution in [-0.4, -0.2) is 48.8 Å². The Labute approximate surface area is 123 Å². The Bertz CT molecular complexity index is 444. The number of halogens is 1. The summed E-state index contributed by atoms with van der Waals surface area (Å²) < 4.78 is 1.19. The predicted molar refractivity (Wildman–Crippen MR) is 81.7 cm³/mol. The Morgan fingerprint density at radius 1 is 1.21 bits per heavy atom. The highest BCUT2D eigenvalue weighted by atomic mass is 79.9. The largest absolute Gasteiger partial charge is 0.395 e. The van der Waals surface area contributed by atoms with Crippen LogP contribution >= 0.6 is 15.9 Å². The molecule has 19 heavy (non-hydrogen) atoms. The smallest absolute Gasteiger partial charge is 0.0558 e. The lowest BCUT2D eigenvalue weighted by atomic mass is 10.0. The number of β-amino-alcohol motifs (C(OH)–C–C–N with tert-alkyl or cyclic N) is 1. The number of nitrogens with zero attached hydrogens (tertiary/aromatic N) is 2. The molecule has 104 valence electrons. The second-order valence-electron chi connectivity index (χ2n) is 5.51. The lowest BCUT2D eigenvalue weighted by molar-refractivity contribution is 0.163. The van der Waals surface area contributed by atoms with E-state index in [2.05, 4.69) is 43.9 Å². The van der Waals surface area contributed by atoms with Crippen LogP contribution in [0.2, 0.25) is 0 Å². The summed E-state index contributed by atoms with van der Waals surface area (Å²) >= 11 is 3.56. The maximum Gasteiger partial charge on any atom is 0.0558 e. The first-order valence-electron chi connectivity index (χ1n) is 7.16. The number of likely N-dealkylation sites (tertiary alicyclic amines) is 1. The van der Waals surface area contributed by atoms with Gasteiger partial charge in [0.15, 0.2) is 0 Å². The highest BCUT2D eigenvalue weighted by Crippen LogP contribution is 2.34. The average molecular weight is 325 g/mol. The Balaban J connectivity index is 1.66. The van der Waals surface area contributed by atoms with Crippen LogP contribution in [0.3, 0.4) is 0 Å². The zero-order valence-corrected chi connectivity index (χ0v) is 12.8. The number of hydrogen-bond donors (Lipinski definition) is 1. The standard InChI is InChI=1S/C15H21BrN2O/c16-13-1-2-15-12(11-13)3-8-18(15)14-4-6-17(7-5-14)9-10-19/h1-2,11,14,19H,3-10H2. The molecule has 1 aromatic rings. The zero-order chi connectivity index (χ0) is 13.2. The van der Waals surface area contributed by atoms with Crippen molar-refractivity contribution in [3.8, 4) is 0 Å². The third kappa shape index (κ3) is 2.81. The Morgan fingerprint density at radius 3 is 2.74 bits per heavy atom. The first-order chi connectivity index (χ1) is 9.28. The van der Waals surface area contributed by atoms with Crippen LogP contribution < -0.4 is 4.90 Å². The SMILES string of the molecule is OCCN1CCC(N2CCc3cc(Br)ccc32)CC1. The van der Waals surface area contributed by atoms with Gasteiger partial charge in [-0.2, -0.15) is 0 Å². The zero-order valence-electron chi connectivity index (χ0n) is 11.2. The van der Waals surface area contributed by atoms with Crippen LogP contribution in [0.5, 0.6) is 0 Å². The molecule has 2 heterocycles. The maximum atomic E-state index is 9.00. The van der Waals surface area contributed by atoms with Gasteiger partial charge in [0.1, 0.15) is 0 Å². The molecule has 0 aromatic heterocycles. The highest BCUT2D eigenvalue weighted by molar-refractivity contribution is 9.10. The van der Waals surface area contributed by atoms with E-state index in [-0.39, 0.29) is 6.61 Å². The summed E-state index contributed by atoms with van der Waals surface area (Å²) in [7, 11) is 0. The van der Waals surface area contributed by atoms with Gasteiger partial charge in [0.25, 0.3) is 0 Å². The molecule has 1 saturated heterocycles. The predicted octanol–water partition coefficient (Wildman–Crippen LogP) is 2.27. The van der Waals surface area contributed by atoms with Crippen molar-refractivity contribution >= 4 is 21.6 Å². The number of fused-ring (bicyclic) bond motifs is 1. The van der Waals surface area contributed by atoms with Crippen molar-refractivity contribution < 1.29 is 5.11 Å². The quantitative estimate of drug-likeness (QED) is 0.924. The van der Waals surface area contributed by atoms with E-state index < -0.39 is 0 Å². The number of rotatable bonds is 3. The van der Waals surface area contributed by atoms with Crippen LogP contribution in [0.15, 0.2) is 22.7 Å². The van der Waals surface area contributed by atoms with Crippen LogP contribution in [0, 0.1) is 0 Å². The van der Waals surface area contributed by atoms with Gasteiger partial charge in [-0.05, 0) is 43.0 Å². The van der Waals surface area contributed by atoms with E-state index in [4.69, 9.17) is 5.11 Å². The summed E-state index contributed by atoms with van der Waals surface area (Å²) in [4.78, 5) is 4.97. The van der Waals surface area contributed by atoms with Crippen molar-refractivity contribution in [2.45, 2.75) is 25.3 Å². The fourth-order valence-corrected chi connectivity index (χ4v) is 3.78. The minimum absolute atomic E-state index is 0.283. The monoisotopic (exact) mass is 324 g/mol. The Morgan fingerprint density at radius 2 is 2.00 bits per heavy atom. The lowest BCUT2D eigenvalue weighted by Crippen LogP contribution is -2.45. The number of hydrogen-bond acceptors (Lipinski definition) is 3. The van der Waals surface area contributed by atoms with E-state index in [1.807, 2.05) is 0 Å². The van der Waals surface area contributed by atoms with Gasteiger partial charge in [-0.3, -0.25) is 0 Å². The van der Waals surface area contributed by atoms with Gasteiger partial charge in [-0.1, -0.05) is 15.9 Å². The molecule has 0 unspecified atom stereocenters. The Kier molecular flexibility index (Phi) is 4.10. The molecule has 0 saturated carbocycles. The summed E-state index contributed by atoms with van der Waals surface area (Å²) in [5.74, 6) is 0. The van der Waals surface area contributed by atoms with Crippen molar-refractivity contribution in [1.29, 1.82) is 0 Å². The van der Waals surface area contributed by atoms with Crippen LogP contribution in [-0.2, 0) is 6.42 Å². The third-order valence-electron chi connectivity index (χ3n) is 4.39. The lowest BCUT2D eigenvalue weighted by Gasteiger charge is -2.37. The van der Waals surface area contributed by atoms with Crippen LogP contribution in [0.4, 0.5) is 5.69 Å². The summed E-state index contributed by atoms with van der Waals surface area (Å²) in [6.07, 6.45) is 3.61. The number of piperidine rings is 1. The first-order valence-corrected chi connectivity index (χ1v) is 7.95. The molecule has 0 radical (unpaired) electrons. The molecule has 3 nitrogen and oxygen atoms in total. The summed E-state index contributed by atoms with van der Waals surface area (Å²) in [6, 6.07) is 7.35. The van der Waals surface area contributed by atoms with Crippen molar-refractivity contribution in [3.63, 3.8) is 0 Å². The first kappa shape index (κ1) is 13.4. The van der Waals surface area contributed by atoms with Gasteiger partial charge in [0.05, 0.1) is 6.61 Å². The van der Waals surface area contributed by atoms with E-state index in [0.717, 1.165) is 26.2 Å². The average Bonchev–Trinajstić information content (AvgIpc) is 2.83. The van der Waals surface area contributed by atoms with E-state index in [9.17, 15) is 0 Å². The van der Waals surface area contributed by atoms with Gasteiger partial charge in [-0.25, -0.2) is 0 Å². The van der Waals surface area contributed by atoms with E-state index >= 15 is 0 Å². The molecule has 1 fully saturated rings. The third-order valence-corrected chi connectivity index (χ3v) is 4.88. The minimum Gasteiger partial charge on any atom is -0.395 e. The van der Waals surface area contributed by atoms with Gasteiger partial charge < -0.3 is 14.9 Å². The van der Waals surface area contributed by atoms with Gasteiger partial charge >= 0.3 is 0 Å². The van der Waals surface area contributed by atoms with Crippen molar-refractivity contribution in [1.82, 2.24) is 4.90 Å². The molecule has 1 aromatic carbocycles. The molecule has 2 aliphatic rings. The number of aliphatic hydroxyl groups excluding tert-OH is 1. The van der Waals surface area contributed by atoms with E-state index in [1.165, 1.54) is 35.0 Å². The molecule has 0 bridgehead atoms. The maximum absolute atomic E-state index is 9.00. The van der Waals surface area contributed by atoms with Crippen molar-refractivity contribution in [2.24, 2.45) is 0 Å². The molecular formula is C15H21BrN2O. The Hall–Kier alpha value is -0.580. The molecule has 2 aliphatic heterocycles. The molecule has 0 atom stereocenters. The normalized spacial score (nSPS) is 20.8. The van der Waals surface area contributed by atoms with Crippen LogP contribution in [0.25, 0.3) is 0 Å². The molecule has 0 amide bonds. The second-order valence-corrected chi connectivity index (χ2v) is 6.43. The van der Waals surface area contributed by atoms with Crippen molar-refractivity contribution in [3.05, 3.63) is 28.2 Å². The molecule has 3 rings (SSSR count). The molecule has 0 aliphatic carbocycles. The fourth-order valence-electron chi connectivity index (χ4n) is 3.37. The number of aliphatic hydroxyl groups is 1. The topological polar surface area (TPSA) is 26.7 Å². The highest BCUT2D eigenvalue weighted by Gasteiger charge is 2.28. The van der Waals surface area contributed by atoms with Crippen LogP contribution in [0.1, 0.15) is 18.4 Å². The molecule has 0 spiro atoms.